The van der Waals surface area contributed by atoms with Crippen LogP contribution < -0.4 is 4.74 Å². The van der Waals surface area contributed by atoms with Crippen molar-refractivity contribution in [3.05, 3.63) is 66.4 Å². The van der Waals surface area contributed by atoms with E-state index in [-0.39, 0.29) is 5.75 Å². The fourth-order valence-corrected chi connectivity index (χ4v) is 3.25. The molecular formula is C18H12F3N5O2S. The lowest BCUT2D eigenvalue weighted by Gasteiger charge is -2.09. The van der Waals surface area contributed by atoms with Crippen LogP contribution in [0.25, 0.3) is 16.9 Å². The summed E-state index contributed by atoms with van der Waals surface area (Å²) in [6.45, 7) is 0. The number of tetrazole rings is 1. The predicted molar refractivity (Wildman–Crippen MR) is 97.3 cm³/mol. The zero-order valence-corrected chi connectivity index (χ0v) is 15.4. The topological polar surface area (TPSA) is 78.9 Å². The number of ether oxygens (including phenoxy) is 1. The third-order valence-corrected chi connectivity index (χ3v) is 4.67. The van der Waals surface area contributed by atoms with Crippen LogP contribution in [0.4, 0.5) is 13.2 Å². The van der Waals surface area contributed by atoms with Gasteiger partial charge in [-0.1, -0.05) is 47.3 Å². The molecule has 0 aliphatic rings. The first-order chi connectivity index (χ1) is 14.0. The normalized spacial score (nSPS) is 11.6. The standard InChI is InChI=1S/C18H12F3N5O2S/c19-18(20,21)27-14-8-6-13(7-9-14)26-17(22-24-25-26)29-11-15-10-16(23-28-15)12-4-2-1-3-5-12/h1-10H,11H2. The molecule has 2 aromatic carbocycles. The van der Waals surface area contributed by atoms with Gasteiger partial charge in [0, 0.05) is 11.6 Å². The SMILES string of the molecule is FC(F)(F)Oc1ccc(-n2nnnc2SCc2cc(-c3ccccc3)no2)cc1. The van der Waals surface area contributed by atoms with Gasteiger partial charge in [-0.2, -0.15) is 4.68 Å². The van der Waals surface area contributed by atoms with Crippen molar-refractivity contribution in [3.63, 3.8) is 0 Å². The highest BCUT2D eigenvalue weighted by Gasteiger charge is 2.31. The Kier molecular flexibility index (Phi) is 5.21. The van der Waals surface area contributed by atoms with E-state index in [0.29, 0.717) is 22.4 Å². The van der Waals surface area contributed by atoms with Crippen LogP contribution in [-0.4, -0.2) is 31.7 Å². The Hall–Kier alpha value is -3.34. The predicted octanol–water partition coefficient (Wildman–Crippen LogP) is 4.51. The van der Waals surface area contributed by atoms with Gasteiger partial charge in [-0.3, -0.25) is 0 Å². The molecule has 0 aliphatic heterocycles. The van der Waals surface area contributed by atoms with E-state index < -0.39 is 6.36 Å². The van der Waals surface area contributed by atoms with Crippen LogP contribution in [0.15, 0.2) is 70.3 Å². The summed E-state index contributed by atoms with van der Waals surface area (Å²) in [5.74, 6) is 0.742. The number of hydrogen-bond donors (Lipinski definition) is 0. The van der Waals surface area contributed by atoms with Gasteiger partial charge in [0.15, 0.2) is 0 Å². The van der Waals surface area contributed by atoms with Crippen molar-refractivity contribution in [3.8, 4) is 22.7 Å². The summed E-state index contributed by atoms with van der Waals surface area (Å²) in [4.78, 5) is 0. The quantitative estimate of drug-likeness (QED) is 0.426. The monoisotopic (exact) mass is 419 g/mol. The second kappa shape index (κ2) is 7.95. The first-order valence-electron chi connectivity index (χ1n) is 8.26. The Bertz CT molecular complexity index is 1080. The summed E-state index contributed by atoms with van der Waals surface area (Å²) < 4.78 is 47.5. The summed E-state index contributed by atoms with van der Waals surface area (Å²) >= 11 is 1.31. The van der Waals surface area contributed by atoms with Gasteiger partial charge in [0.05, 0.1) is 11.4 Å². The maximum absolute atomic E-state index is 12.3. The molecular weight excluding hydrogens is 407 g/mol. The van der Waals surface area contributed by atoms with E-state index in [1.807, 2.05) is 36.4 Å². The molecule has 11 heteroatoms. The summed E-state index contributed by atoms with van der Waals surface area (Å²) in [6.07, 6.45) is -4.74. The maximum Gasteiger partial charge on any atom is 0.573 e. The van der Waals surface area contributed by atoms with Crippen LogP contribution in [0.5, 0.6) is 5.75 Å². The molecule has 4 aromatic rings. The number of rotatable bonds is 6. The van der Waals surface area contributed by atoms with Crippen LogP contribution in [0.1, 0.15) is 5.76 Å². The number of aromatic nitrogens is 5. The number of halogens is 3. The number of hydrogen-bond acceptors (Lipinski definition) is 7. The van der Waals surface area contributed by atoms with E-state index in [2.05, 4.69) is 25.4 Å². The van der Waals surface area contributed by atoms with E-state index in [4.69, 9.17) is 4.52 Å². The van der Waals surface area contributed by atoms with E-state index in [1.54, 1.807) is 0 Å². The minimum absolute atomic E-state index is 0.321. The molecule has 0 fully saturated rings. The highest BCUT2D eigenvalue weighted by molar-refractivity contribution is 7.98. The maximum atomic E-state index is 12.3. The lowest BCUT2D eigenvalue weighted by molar-refractivity contribution is -0.274. The number of thioether (sulfide) groups is 1. The minimum atomic E-state index is -4.74. The second-order valence-electron chi connectivity index (χ2n) is 5.75. The molecule has 4 rings (SSSR count). The van der Waals surface area contributed by atoms with E-state index in [9.17, 15) is 13.2 Å². The van der Waals surface area contributed by atoms with Crippen molar-refractivity contribution < 1.29 is 22.4 Å². The van der Waals surface area contributed by atoms with Crippen LogP contribution in [-0.2, 0) is 5.75 Å². The van der Waals surface area contributed by atoms with Crippen molar-refractivity contribution in [1.82, 2.24) is 25.4 Å². The molecule has 0 atom stereocenters. The van der Waals surface area contributed by atoms with Crippen molar-refractivity contribution in [1.29, 1.82) is 0 Å². The Balaban J connectivity index is 1.44. The van der Waals surface area contributed by atoms with Crippen LogP contribution in [0, 0.1) is 0 Å². The number of nitrogens with zero attached hydrogens (tertiary/aromatic N) is 5. The molecule has 2 aromatic heterocycles. The summed E-state index contributed by atoms with van der Waals surface area (Å²) in [6, 6.07) is 16.7. The highest BCUT2D eigenvalue weighted by Crippen LogP contribution is 2.27. The van der Waals surface area contributed by atoms with Crippen molar-refractivity contribution in [2.45, 2.75) is 17.3 Å². The van der Waals surface area contributed by atoms with Gasteiger partial charge >= 0.3 is 6.36 Å². The molecule has 0 N–H and O–H groups in total. The highest BCUT2D eigenvalue weighted by atomic mass is 32.2. The Morgan fingerprint density at radius 3 is 2.52 bits per heavy atom. The summed E-state index contributed by atoms with van der Waals surface area (Å²) in [5, 5.41) is 16.0. The Labute approximate surface area is 166 Å². The van der Waals surface area contributed by atoms with Gasteiger partial charge in [0.1, 0.15) is 17.2 Å². The average Bonchev–Trinajstić information content (AvgIpc) is 3.36. The minimum Gasteiger partial charge on any atom is -0.406 e. The fraction of sp³-hybridized carbons (Fsp3) is 0.111. The zero-order valence-electron chi connectivity index (χ0n) is 14.6. The molecule has 29 heavy (non-hydrogen) atoms. The van der Waals surface area contributed by atoms with Gasteiger partial charge in [-0.25, -0.2) is 0 Å². The molecule has 0 radical (unpaired) electrons. The second-order valence-corrected chi connectivity index (χ2v) is 6.69. The number of benzene rings is 2. The van der Waals surface area contributed by atoms with Gasteiger partial charge < -0.3 is 9.26 Å². The van der Waals surface area contributed by atoms with Crippen LogP contribution in [0.2, 0.25) is 0 Å². The Morgan fingerprint density at radius 2 is 1.79 bits per heavy atom. The summed E-state index contributed by atoms with van der Waals surface area (Å²) in [7, 11) is 0. The van der Waals surface area contributed by atoms with Gasteiger partial charge in [0.25, 0.3) is 0 Å². The Morgan fingerprint density at radius 1 is 1.03 bits per heavy atom. The molecule has 0 saturated heterocycles. The van der Waals surface area contributed by atoms with E-state index in [1.165, 1.54) is 40.7 Å². The largest absolute Gasteiger partial charge is 0.573 e. The molecule has 0 aliphatic carbocycles. The molecule has 7 nitrogen and oxygen atoms in total. The first kappa shape index (κ1) is 19.0. The molecule has 0 spiro atoms. The average molecular weight is 419 g/mol. The van der Waals surface area contributed by atoms with Crippen molar-refractivity contribution in [2.24, 2.45) is 0 Å². The van der Waals surface area contributed by atoms with Crippen molar-refractivity contribution >= 4 is 11.8 Å². The van der Waals surface area contributed by atoms with Crippen LogP contribution >= 0.6 is 11.8 Å². The van der Waals surface area contributed by atoms with E-state index in [0.717, 1.165) is 11.3 Å². The lowest BCUT2D eigenvalue weighted by Crippen LogP contribution is -2.17. The molecule has 0 amide bonds. The first-order valence-corrected chi connectivity index (χ1v) is 9.25. The van der Waals surface area contributed by atoms with Gasteiger partial charge in [0.2, 0.25) is 5.16 Å². The molecule has 0 saturated carbocycles. The van der Waals surface area contributed by atoms with Gasteiger partial charge in [-0.05, 0) is 34.7 Å². The smallest absolute Gasteiger partial charge is 0.406 e. The molecule has 0 bridgehead atoms. The fourth-order valence-electron chi connectivity index (χ4n) is 2.48. The third-order valence-electron chi connectivity index (χ3n) is 3.73. The molecule has 0 unspecified atom stereocenters. The van der Waals surface area contributed by atoms with Crippen molar-refractivity contribution in [2.75, 3.05) is 0 Å². The van der Waals surface area contributed by atoms with Crippen LogP contribution in [0.3, 0.4) is 0 Å². The van der Waals surface area contributed by atoms with Gasteiger partial charge in [-0.15, -0.1) is 18.3 Å². The zero-order chi connectivity index (χ0) is 20.3. The van der Waals surface area contributed by atoms with E-state index >= 15 is 0 Å². The molecule has 148 valence electrons. The third kappa shape index (κ3) is 4.74. The summed E-state index contributed by atoms with van der Waals surface area (Å²) in [5.41, 5.74) is 2.16. The number of alkyl halides is 3. The molecule has 2 heterocycles. The lowest BCUT2D eigenvalue weighted by atomic mass is 10.1.